The molecule has 1 aromatic carbocycles. The zero-order valence-corrected chi connectivity index (χ0v) is 17.0. The van der Waals surface area contributed by atoms with Crippen molar-refractivity contribution in [1.82, 2.24) is 19.6 Å². The van der Waals surface area contributed by atoms with Gasteiger partial charge in [0.15, 0.2) is 0 Å². The molecule has 2 aromatic rings. The number of aryl methyl sites for hydroxylation is 1. The Morgan fingerprint density at radius 3 is 2.43 bits per heavy atom. The smallest absolute Gasteiger partial charge is 0.257 e. The first-order valence-electron chi connectivity index (χ1n) is 9.65. The van der Waals surface area contributed by atoms with E-state index in [1.54, 1.807) is 18.1 Å². The van der Waals surface area contributed by atoms with Crippen molar-refractivity contribution >= 4 is 5.91 Å². The fraction of sp³-hybridized carbons (Fsp3) is 0.524. The Balaban J connectivity index is 1.72. The number of amides is 1. The van der Waals surface area contributed by atoms with E-state index in [1.165, 1.54) is 16.8 Å². The van der Waals surface area contributed by atoms with Gasteiger partial charge in [-0.15, -0.1) is 0 Å². The molecule has 0 unspecified atom stereocenters. The summed E-state index contributed by atoms with van der Waals surface area (Å²) in [5, 5.41) is 4.26. The van der Waals surface area contributed by atoms with Crippen LogP contribution in [0.4, 0.5) is 8.78 Å². The van der Waals surface area contributed by atoms with Crippen LogP contribution in [0.2, 0.25) is 0 Å². The first-order valence-corrected chi connectivity index (χ1v) is 9.65. The van der Waals surface area contributed by atoms with E-state index in [4.69, 9.17) is 0 Å². The maximum absolute atomic E-state index is 14.2. The lowest BCUT2D eigenvalue weighted by Crippen LogP contribution is -2.49. The van der Waals surface area contributed by atoms with Crippen molar-refractivity contribution in [3.8, 4) is 11.3 Å². The predicted molar refractivity (Wildman–Crippen MR) is 105 cm³/mol. The molecular weight excluding hydrogens is 362 g/mol. The van der Waals surface area contributed by atoms with Gasteiger partial charge in [0.05, 0.1) is 5.56 Å². The first-order chi connectivity index (χ1) is 13.1. The van der Waals surface area contributed by atoms with Crippen molar-refractivity contribution in [1.29, 1.82) is 0 Å². The molecule has 1 amide bonds. The minimum atomic E-state index is -0.722. The Morgan fingerprint density at radius 1 is 1.14 bits per heavy atom. The summed E-state index contributed by atoms with van der Waals surface area (Å²) in [6, 6.07) is 3.32. The van der Waals surface area contributed by atoms with Crippen molar-refractivity contribution in [2.45, 2.75) is 27.2 Å². The standard InChI is InChI=1S/C21H28F2N4O/c1-21(2,3)7-8-26-9-11-27(12-10-26)20(28)17-14-25(4)24-19(17)16-6-5-15(22)13-18(16)23/h5-6,13-14H,7-12H2,1-4H3. The summed E-state index contributed by atoms with van der Waals surface area (Å²) in [5.41, 5.74) is 1.02. The lowest BCUT2D eigenvalue weighted by Gasteiger charge is -2.36. The summed E-state index contributed by atoms with van der Waals surface area (Å²) >= 11 is 0. The number of carbonyl (C=O) groups excluding carboxylic acids is 1. The van der Waals surface area contributed by atoms with Gasteiger partial charge in [0.1, 0.15) is 17.3 Å². The van der Waals surface area contributed by atoms with Crippen LogP contribution >= 0.6 is 0 Å². The van der Waals surface area contributed by atoms with Gasteiger partial charge in [0, 0.05) is 51.1 Å². The Hall–Kier alpha value is -2.28. The molecule has 0 aliphatic carbocycles. The Labute approximate surface area is 164 Å². The van der Waals surface area contributed by atoms with Gasteiger partial charge in [-0.05, 0) is 30.5 Å². The Morgan fingerprint density at radius 2 is 1.82 bits per heavy atom. The summed E-state index contributed by atoms with van der Waals surface area (Å²) in [7, 11) is 1.69. The summed E-state index contributed by atoms with van der Waals surface area (Å²) in [5.74, 6) is -1.54. The van der Waals surface area contributed by atoms with Gasteiger partial charge < -0.3 is 4.90 Å². The zero-order valence-electron chi connectivity index (χ0n) is 17.0. The van der Waals surface area contributed by atoms with Gasteiger partial charge in [-0.3, -0.25) is 14.4 Å². The van der Waals surface area contributed by atoms with E-state index in [2.05, 4.69) is 30.8 Å². The number of piperazine rings is 1. The molecule has 1 fully saturated rings. The fourth-order valence-corrected chi connectivity index (χ4v) is 3.36. The second kappa shape index (κ2) is 7.99. The van der Waals surface area contributed by atoms with E-state index in [0.717, 1.165) is 32.1 Å². The molecule has 7 heteroatoms. The number of aromatic nitrogens is 2. The third kappa shape index (κ3) is 4.76. The zero-order chi connectivity index (χ0) is 20.5. The van der Waals surface area contributed by atoms with Gasteiger partial charge in [0.2, 0.25) is 0 Å². The van der Waals surface area contributed by atoms with Crippen LogP contribution in [0.25, 0.3) is 11.3 Å². The molecule has 1 aliphatic rings. The average Bonchev–Trinajstić information content (AvgIpc) is 3.00. The lowest BCUT2D eigenvalue weighted by molar-refractivity contribution is 0.0624. The normalized spacial score (nSPS) is 15.9. The minimum absolute atomic E-state index is 0.133. The van der Waals surface area contributed by atoms with E-state index in [9.17, 15) is 13.6 Å². The summed E-state index contributed by atoms with van der Waals surface area (Å²) in [6.45, 7) is 10.6. The number of hydrogen-bond donors (Lipinski definition) is 0. The highest BCUT2D eigenvalue weighted by molar-refractivity contribution is 6.00. The molecule has 1 aromatic heterocycles. The average molecular weight is 390 g/mol. The van der Waals surface area contributed by atoms with Crippen LogP contribution in [-0.2, 0) is 7.05 Å². The van der Waals surface area contributed by atoms with Crippen molar-refractivity contribution < 1.29 is 13.6 Å². The predicted octanol–water partition coefficient (Wildman–Crippen LogP) is 3.56. The lowest BCUT2D eigenvalue weighted by atomic mass is 9.92. The van der Waals surface area contributed by atoms with Crippen LogP contribution < -0.4 is 0 Å². The third-order valence-electron chi connectivity index (χ3n) is 5.08. The number of halogens is 2. The molecular formula is C21H28F2N4O. The van der Waals surface area contributed by atoms with Crippen LogP contribution in [0.1, 0.15) is 37.6 Å². The largest absolute Gasteiger partial charge is 0.336 e. The molecule has 2 heterocycles. The minimum Gasteiger partial charge on any atom is -0.336 e. The highest BCUT2D eigenvalue weighted by Gasteiger charge is 2.27. The summed E-state index contributed by atoms with van der Waals surface area (Å²) < 4.78 is 29.0. The van der Waals surface area contributed by atoms with Crippen LogP contribution in [0.3, 0.4) is 0 Å². The number of nitrogens with zero attached hydrogens (tertiary/aromatic N) is 4. The maximum Gasteiger partial charge on any atom is 0.257 e. The highest BCUT2D eigenvalue weighted by Crippen LogP contribution is 2.27. The van der Waals surface area contributed by atoms with E-state index in [0.29, 0.717) is 18.7 Å². The van der Waals surface area contributed by atoms with Gasteiger partial charge >= 0.3 is 0 Å². The van der Waals surface area contributed by atoms with Crippen molar-refractivity contribution in [2.75, 3.05) is 32.7 Å². The van der Waals surface area contributed by atoms with Crippen LogP contribution in [0.5, 0.6) is 0 Å². The van der Waals surface area contributed by atoms with Crippen LogP contribution in [0.15, 0.2) is 24.4 Å². The van der Waals surface area contributed by atoms with E-state index in [1.807, 2.05) is 0 Å². The second-order valence-electron chi connectivity index (χ2n) is 8.63. The van der Waals surface area contributed by atoms with Crippen LogP contribution in [-0.4, -0.2) is 58.2 Å². The van der Waals surface area contributed by atoms with Gasteiger partial charge in [0.25, 0.3) is 5.91 Å². The SMILES string of the molecule is Cn1cc(C(=O)N2CCN(CCC(C)(C)C)CC2)c(-c2ccc(F)cc2F)n1. The van der Waals surface area contributed by atoms with Crippen molar-refractivity contribution in [2.24, 2.45) is 12.5 Å². The van der Waals surface area contributed by atoms with Gasteiger partial charge in [-0.25, -0.2) is 8.78 Å². The molecule has 1 aliphatic heterocycles. The molecule has 152 valence electrons. The molecule has 0 radical (unpaired) electrons. The molecule has 3 rings (SSSR count). The Kier molecular flexibility index (Phi) is 5.84. The number of rotatable bonds is 4. The highest BCUT2D eigenvalue weighted by atomic mass is 19.1. The van der Waals surface area contributed by atoms with E-state index in [-0.39, 0.29) is 22.6 Å². The molecule has 1 saturated heterocycles. The van der Waals surface area contributed by atoms with E-state index >= 15 is 0 Å². The van der Waals surface area contributed by atoms with E-state index < -0.39 is 11.6 Å². The second-order valence-corrected chi connectivity index (χ2v) is 8.63. The number of carbonyl (C=O) groups is 1. The Bertz CT molecular complexity index is 849. The molecule has 0 bridgehead atoms. The van der Waals surface area contributed by atoms with Crippen molar-refractivity contribution in [3.63, 3.8) is 0 Å². The first kappa shape index (κ1) is 20.5. The maximum atomic E-state index is 14.2. The third-order valence-corrected chi connectivity index (χ3v) is 5.08. The topological polar surface area (TPSA) is 41.4 Å². The summed E-state index contributed by atoms with van der Waals surface area (Å²) in [6.07, 6.45) is 2.71. The molecule has 0 atom stereocenters. The molecule has 0 N–H and O–H groups in total. The van der Waals surface area contributed by atoms with Gasteiger partial charge in [-0.1, -0.05) is 20.8 Å². The number of hydrogen-bond acceptors (Lipinski definition) is 3. The molecule has 5 nitrogen and oxygen atoms in total. The fourth-order valence-electron chi connectivity index (χ4n) is 3.36. The molecule has 0 saturated carbocycles. The van der Waals surface area contributed by atoms with Crippen LogP contribution in [0, 0.1) is 17.0 Å². The molecule has 28 heavy (non-hydrogen) atoms. The quantitative estimate of drug-likeness (QED) is 0.802. The monoisotopic (exact) mass is 390 g/mol. The molecule has 0 spiro atoms. The van der Waals surface area contributed by atoms with Crippen molar-refractivity contribution in [3.05, 3.63) is 41.6 Å². The number of benzene rings is 1. The summed E-state index contributed by atoms with van der Waals surface area (Å²) in [4.78, 5) is 17.2. The van der Waals surface area contributed by atoms with Gasteiger partial charge in [-0.2, -0.15) is 5.10 Å².